The SMILES string of the molecule is C=CCn1c(SC(C)C(=O)c2ccccc2)nc2sc(C)c(C)c2c1=O. The number of rotatable bonds is 6. The van der Waals surface area contributed by atoms with E-state index in [2.05, 4.69) is 6.58 Å². The summed E-state index contributed by atoms with van der Waals surface area (Å²) in [7, 11) is 0. The van der Waals surface area contributed by atoms with Crippen LogP contribution < -0.4 is 5.56 Å². The van der Waals surface area contributed by atoms with Gasteiger partial charge in [-0.05, 0) is 26.3 Å². The highest BCUT2D eigenvalue weighted by Gasteiger charge is 2.21. The second kappa shape index (κ2) is 7.60. The van der Waals surface area contributed by atoms with Gasteiger partial charge in [0.05, 0.1) is 10.6 Å². The minimum Gasteiger partial charge on any atom is -0.293 e. The lowest BCUT2D eigenvalue weighted by molar-refractivity contribution is 0.0994. The maximum Gasteiger partial charge on any atom is 0.263 e. The second-order valence-electron chi connectivity index (χ2n) is 6.05. The van der Waals surface area contributed by atoms with Gasteiger partial charge in [0.15, 0.2) is 10.9 Å². The smallest absolute Gasteiger partial charge is 0.263 e. The van der Waals surface area contributed by atoms with E-state index < -0.39 is 0 Å². The molecule has 0 radical (unpaired) electrons. The number of hydrogen-bond acceptors (Lipinski definition) is 5. The van der Waals surface area contributed by atoms with E-state index in [-0.39, 0.29) is 16.6 Å². The first kappa shape index (κ1) is 18.6. The summed E-state index contributed by atoms with van der Waals surface area (Å²) in [6.45, 7) is 9.90. The molecule has 0 bridgehead atoms. The lowest BCUT2D eigenvalue weighted by Gasteiger charge is -2.14. The zero-order chi connectivity index (χ0) is 18.8. The molecule has 134 valence electrons. The number of thioether (sulfide) groups is 1. The lowest BCUT2D eigenvalue weighted by Crippen LogP contribution is -2.24. The van der Waals surface area contributed by atoms with Gasteiger partial charge < -0.3 is 0 Å². The van der Waals surface area contributed by atoms with Gasteiger partial charge in [-0.2, -0.15) is 0 Å². The average molecular weight is 385 g/mol. The number of aryl methyl sites for hydroxylation is 2. The predicted octanol–water partition coefficient (Wildman–Crippen LogP) is 4.62. The monoisotopic (exact) mass is 384 g/mol. The van der Waals surface area contributed by atoms with E-state index in [1.165, 1.54) is 23.1 Å². The van der Waals surface area contributed by atoms with Crippen LogP contribution in [-0.4, -0.2) is 20.6 Å². The summed E-state index contributed by atoms with van der Waals surface area (Å²) in [4.78, 5) is 32.2. The number of aromatic nitrogens is 2. The Balaban J connectivity index is 2.03. The van der Waals surface area contributed by atoms with E-state index in [0.29, 0.717) is 22.7 Å². The Morgan fingerprint density at radius 1 is 1.35 bits per heavy atom. The maximum atomic E-state index is 13.0. The molecular formula is C20H20N2O2S2. The van der Waals surface area contributed by atoms with E-state index in [1.807, 2.05) is 39.0 Å². The van der Waals surface area contributed by atoms with Crippen molar-refractivity contribution in [3.05, 3.63) is 69.3 Å². The van der Waals surface area contributed by atoms with Crippen molar-refractivity contribution in [2.45, 2.75) is 37.7 Å². The Bertz CT molecular complexity index is 1040. The first-order valence-corrected chi connectivity index (χ1v) is 10.0. The molecule has 0 amide bonds. The van der Waals surface area contributed by atoms with Gasteiger partial charge in [-0.15, -0.1) is 17.9 Å². The number of carbonyl (C=O) groups excluding carboxylic acids is 1. The van der Waals surface area contributed by atoms with Crippen LogP contribution in [0.3, 0.4) is 0 Å². The van der Waals surface area contributed by atoms with Crippen molar-refractivity contribution in [1.82, 2.24) is 9.55 Å². The van der Waals surface area contributed by atoms with Gasteiger partial charge in [0, 0.05) is 17.0 Å². The van der Waals surface area contributed by atoms with E-state index in [0.717, 1.165) is 15.3 Å². The fourth-order valence-corrected chi connectivity index (χ4v) is 4.80. The van der Waals surface area contributed by atoms with Gasteiger partial charge in [0.2, 0.25) is 0 Å². The van der Waals surface area contributed by atoms with Crippen molar-refractivity contribution in [2.75, 3.05) is 0 Å². The van der Waals surface area contributed by atoms with Crippen molar-refractivity contribution in [3.63, 3.8) is 0 Å². The molecule has 0 fully saturated rings. The molecule has 0 saturated heterocycles. The zero-order valence-electron chi connectivity index (χ0n) is 15.0. The molecule has 2 aromatic heterocycles. The Labute approximate surface area is 160 Å². The molecule has 1 aromatic carbocycles. The molecular weight excluding hydrogens is 364 g/mol. The third-order valence-electron chi connectivity index (χ3n) is 4.28. The number of Topliss-reactive ketones (excluding diaryl/α,β-unsaturated/α-hetero) is 1. The number of nitrogens with zero attached hydrogens (tertiary/aromatic N) is 2. The summed E-state index contributed by atoms with van der Waals surface area (Å²) in [5, 5.41) is 0.876. The number of allylic oxidation sites excluding steroid dienone is 1. The van der Waals surface area contributed by atoms with Crippen molar-refractivity contribution >= 4 is 39.1 Å². The topological polar surface area (TPSA) is 52.0 Å². The zero-order valence-corrected chi connectivity index (χ0v) is 16.6. The summed E-state index contributed by atoms with van der Waals surface area (Å²) in [6, 6.07) is 9.18. The number of carbonyl (C=O) groups is 1. The summed E-state index contributed by atoms with van der Waals surface area (Å²) < 4.78 is 1.61. The van der Waals surface area contributed by atoms with Crippen LogP contribution in [-0.2, 0) is 6.54 Å². The van der Waals surface area contributed by atoms with Gasteiger partial charge in [0.25, 0.3) is 5.56 Å². The molecule has 1 unspecified atom stereocenters. The molecule has 0 aliphatic heterocycles. The number of fused-ring (bicyclic) bond motifs is 1. The van der Waals surface area contributed by atoms with E-state index in [9.17, 15) is 9.59 Å². The van der Waals surface area contributed by atoms with Crippen molar-refractivity contribution in [2.24, 2.45) is 0 Å². The largest absolute Gasteiger partial charge is 0.293 e. The van der Waals surface area contributed by atoms with Gasteiger partial charge in [-0.3, -0.25) is 14.2 Å². The highest BCUT2D eigenvalue weighted by molar-refractivity contribution is 8.00. The molecule has 26 heavy (non-hydrogen) atoms. The van der Waals surface area contributed by atoms with Crippen LogP contribution in [0.4, 0.5) is 0 Å². The minimum atomic E-state index is -0.347. The van der Waals surface area contributed by atoms with Crippen LogP contribution >= 0.6 is 23.1 Å². The normalized spacial score (nSPS) is 12.3. The molecule has 0 spiro atoms. The molecule has 0 saturated carbocycles. The number of ketones is 1. The van der Waals surface area contributed by atoms with E-state index >= 15 is 0 Å². The van der Waals surface area contributed by atoms with Crippen molar-refractivity contribution < 1.29 is 4.79 Å². The molecule has 1 atom stereocenters. The highest BCUT2D eigenvalue weighted by Crippen LogP contribution is 2.30. The van der Waals surface area contributed by atoms with Crippen molar-refractivity contribution in [1.29, 1.82) is 0 Å². The summed E-state index contributed by atoms with van der Waals surface area (Å²) in [5.41, 5.74) is 1.57. The summed E-state index contributed by atoms with van der Waals surface area (Å²) >= 11 is 2.84. The van der Waals surface area contributed by atoms with Gasteiger partial charge in [-0.25, -0.2) is 4.98 Å². The average Bonchev–Trinajstić information content (AvgIpc) is 2.92. The Hall–Kier alpha value is -2.18. The first-order chi connectivity index (χ1) is 12.4. The second-order valence-corrected chi connectivity index (χ2v) is 8.56. The Morgan fingerprint density at radius 3 is 2.69 bits per heavy atom. The predicted molar refractivity (Wildman–Crippen MR) is 110 cm³/mol. The molecule has 0 N–H and O–H groups in total. The summed E-state index contributed by atoms with van der Waals surface area (Å²) in [6.07, 6.45) is 1.68. The quantitative estimate of drug-likeness (QED) is 0.269. The molecule has 6 heteroatoms. The van der Waals surface area contributed by atoms with E-state index in [1.54, 1.807) is 22.8 Å². The fraction of sp³-hybridized carbons (Fsp3) is 0.250. The third-order valence-corrected chi connectivity index (χ3v) is 6.47. The van der Waals surface area contributed by atoms with Crippen LogP contribution in [0.15, 0.2) is 52.9 Å². The minimum absolute atomic E-state index is 0.0219. The molecule has 3 rings (SSSR count). The number of thiophene rings is 1. The van der Waals surface area contributed by atoms with Crippen LogP contribution in [0, 0.1) is 13.8 Å². The van der Waals surface area contributed by atoms with Gasteiger partial charge in [0.1, 0.15) is 4.83 Å². The lowest BCUT2D eigenvalue weighted by atomic mass is 10.1. The number of benzene rings is 1. The Morgan fingerprint density at radius 2 is 2.04 bits per heavy atom. The molecule has 3 aromatic rings. The summed E-state index contributed by atoms with van der Waals surface area (Å²) in [5.74, 6) is 0.0219. The van der Waals surface area contributed by atoms with Crippen LogP contribution in [0.2, 0.25) is 0 Å². The highest BCUT2D eigenvalue weighted by atomic mass is 32.2. The molecule has 2 heterocycles. The molecule has 0 aliphatic rings. The Kier molecular flexibility index (Phi) is 5.44. The third kappa shape index (κ3) is 3.39. The fourth-order valence-electron chi connectivity index (χ4n) is 2.74. The van der Waals surface area contributed by atoms with Crippen LogP contribution in [0.25, 0.3) is 10.2 Å². The van der Waals surface area contributed by atoms with Gasteiger partial charge >= 0.3 is 0 Å². The van der Waals surface area contributed by atoms with Gasteiger partial charge in [-0.1, -0.05) is 48.2 Å². The molecule has 4 nitrogen and oxygen atoms in total. The number of hydrogen-bond donors (Lipinski definition) is 0. The first-order valence-electron chi connectivity index (χ1n) is 8.31. The maximum absolute atomic E-state index is 13.0. The van der Waals surface area contributed by atoms with Crippen molar-refractivity contribution in [3.8, 4) is 0 Å². The van der Waals surface area contributed by atoms with E-state index in [4.69, 9.17) is 4.98 Å². The standard InChI is InChI=1S/C20H20N2O2S2/c1-5-11-22-19(24)16-12(2)13(3)25-18(16)21-20(22)26-14(4)17(23)15-9-7-6-8-10-15/h5-10,14H,1,11H2,2-4H3. The van der Waals surface area contributed by atoms with Crippen LogP contribution in [0.1, 0.15) is 27.7 Å². The van der Waals surface area contributed by atoms with Crippen LogP contribution in [0.5, 0.6) is 0 Å². The molecule has 0 aliphatic carbocycles.